The minimum atomic E-state index is -0.673. The van der Waals surface area contributed by atoms with Crippen LogP contribution in [0.3, 0.4) is 0 Å². The normalized spacial score (nSPS) is 9.90. The minimum absolute atomic E-state index is 0.0768. The summed E-state index contributed by atoms with van der Waals surface area (Å²) < 4.78 is 14.8. The molecule has 0 radical (unpaired) electrons. The Bertz CT molecular complexity index is 552. The lowest BCUT2D eigenvalue weighted by molar-refractivity contribution is 0.171. The van der Waals surface area contributed by atoms with Gasteiger partial charge in [0.25, 0.3) is 0 Å². The number of carbonyl (C=O) groups is 1. The molecule has 0 aliphatic rings. The van der Waals surface area contributed by atoms with Gasteiger partial charge in [-0.2, -0.15) is 5.10 Å². The Morgan fingerprint density at radius 3 is 2.90 bits per heavy atom. The molecule has 0 bridgehead atoms. The first-order chi connectivity index (χ1) is 9.62. The Labute approximate surface area is 121 Å². The molecule has 0 heterocycles. The predicted molar refractivity (Wildman–Crippen MR) is 75.5 cm³/mol. The summed E-state index contributed by atoms with van der Waals surface area (Å²) in [5.74, 6) is 3.10. The van der Waals surface area contributed by atoms with Crippen LogP contribution in [0.25, 0.3) is 0 Å². The maximum atomic E-state index is 10.8. The van der Waals surface area contributed by atoms with E-state index in [1.54, 1.807) is 12.1 Å². The molecule has 1 aromatic carbocycles. The van der Waals surface area contributed by atoms with E-state index in [1.807, 2.05) is 0 Å². The predicted octanol–water partition coefficient (Wildman–Crippen LogP) is 2.05. The highest BCUT2D eigenvalue weighted by Gasteiger charge is 2.11. The van der Waals surface area contributed by atoms with Crippen molar-refractivity contribution >= 4 is 23.9 Å². The molecule has 0 aliphatic heterocycles. The second-order valence-corrected chi connectivity index (χ2v) is 3.80. The maximum Gasteiger partial charge on any atom is 0.427 e. The van der Waals surface area contributed by atoms with E-state index in [2.05, 4.69) is 21.2 Å². The molecule has 0 saturated carbocycles. The second kappa shape index (κ2) is 7.92. The molecule has 0 spiro atoms. The van der Waals surface area contributed by atoms with Crippen molar-refractivity contribution in [3.63, 3.8) is 0 Å². The molecule has 0 aromatic heterocycles. The largest absolute Gasteiger partial charge is 0.493 e. The minimum Gasteiger partial charge on any atom is -0.493 e. The molecule has 0 aliphatic carbocycles. The number of hydrogen-bond acceptors (Lipinski definition) is 5. The summed E-state index contributed by atoms with van der Waals surface area (Å²) in [6, 6.07) is 3.23. The van der Waals surface area contributed by atoms with Crippen LogP contribution in [0, 0.1) is 12.3 Å². The summed E-state index contributed by atoms with van der Waals surface area (Å²) in [7, 11) is 2.71. The van der Waals surface area contributed by atoms with Gasteiger partial charge in [0, 0.05) is 0 Å². The topological polar surface area (TPSA) is 69.2 Å². The molecule has 1 N–H and O–H groups in total. The Morgan fingerprint density at radius 2 is 2.30 bits per heavy atom. The molecular weight excluding hydrogens is 284 g/mol. The lowest BCUT2D eigenvalue weighted by atomic mass is 10.2. The fraction of sp³-hybridized carbons (Fsp3) is 0.231. The third-order valence-corrected chi connectivity index (χ3v) is 2.39. The molecule has 0 saturated heterocycles. The van der Waals surface area contributed by atoms with E-state index in [9.17, 15) is 4.79 Å². The molecule has 106 valence electrons. The summed E-state index contributed by atoms with van der Waals surface area (Å²) in [5.41, 5.74) is 2.76. The van der Waals surface area contributed by atoms with Gasteiger partial charge >= 0.3 is 6.09 Å². The van der Waals surface area contributed by atoms with Crippen molar-refractivity contribution in [2.24, 2.45) is 5.10 Å². The third-order valence-electron chi connectivity index (χ3n) is 2.11. The van der Waals surface area contributed by atoms with Crippen LogP contribution >= 0.6 is 11.6 Å². The number of rotatable bonds is 5. The Morgan fingerprint density at radius 1 is 1.55 bits per heavy atom. The number of ether oxygens (including phenoxy) is 3. The summed E-state index contributed by atoms with van der Waals surface area (Å²) in [5, 5.41) is 4.00. The summed E-state index contributed by atoms with van der Waals surface area (Å²) in [6.07, 6.45) is 5.84. The van der Waals surface area contributed by atoms with E-state index in [-0.39, 0.29) is 6.61 Å². The molecule has 6 nitrogen and oxygen atoms in total. The number of hydrazone groups is 1. The van der Waals surface area contributed by atoms with Gasteiger partial charge in [0.15, 0.2) is 11.5 Å². The third kappa shape index (κ3) is 4.37. The fourth-order valence-corrected chi connectivity index (χ4v) is 1.55. The van der Waals surface area contributed by atoms with E-state index < -0.39 is 6.09 Å². The van der Waals surface area contributed by atoms with Gasteiger partial charge in [0.05, 0.1) is 25.5 Å². The lowest BCUT2D eigenvalue weighted by Gasteiger charge is -2.11. The van der Waals surface area contributed by atoms with Gasteiger partial charge in [0.1, 0.15) is 6.61 Å². The number of nitrogens with one attached hydrogen (secondary N) is 1. The van der Waals surface area contributed by atoms with Gasteiger partial charge in [-0.05, 0) is 17.7 Å². The van der Waals surface area contributed by atoms with Crippen LogP contribution < -0.4 is 14.9 Å². The molecule has 0 atom stereocenters. The summed E-state index contributed by atoms with van der Waals surface area (Å²) in [4.78, 5) is 10.8. The van der Waals surface area contributed by atoms with Gasteiger partial charge in [-0.1, -0.05) is 17.5 Å². The van der Waals surface area contributed by atoms with Crippen LogP contribution in [-0.4, -0.2) is 33.1 Å². The first-order valence-corrected chi connectivity index (χ1v) is 5.81. The highest BCUT2D eigenvalue weighted by atomic mass is 35.5. The van der Waals surface area contributed by atoms with Gasteiger partial charge in [-0.25, -0.2) is 10.2 Å². The van der Waals surface area contributed by atoms with Crippen molar-refractivity contribution in [2.45, 2.75) is 0 Å². The number of hydrogen-bond donors (Lipinski definition) is 1. The fourth-order valence-electron chi connectivity index (χ4n) is 1.27. The van der Waals surface area contributed by atoms with Gasteiger partial charge in [0.2, 0.25) is 0 Å². The smallest absolute Gasteiger partial charge is 0.427 e. The zero-order valence-electron chi connectivity index (χ0n) is 11.0. The van der Waals surface area contributed by atoms with E-state index in [1.165, 1.54) is 20.4 Å². The number of nitrogens with zero attached hydrogens (tertiary/aromatic N) is 1. The van der Waals surface area contributed by atoms with Crippen molar-refractivity contribution < 1.29 is 19.0 Å². The SMILES string of the molecule is C#CCOc1c(Cl)cc(/C=N\NC(=O)OC)cc1OC. The Hall–Kier alpha value is -2.39. The van der Waals surface area contributed by atoms with E-state index in [4.69, 9.17) is 27.5 Å². The van der Waals surface area contributed by atoms with Crippen LogP contribution in [0.15, 0.2) is 17.2 Å². The van der Waals surface area contributed by atoms with Crippen molar-refractivity contribution in [3.8, 4) is 23.8 Å². The first-order valence-electron chi connectivity index (χ1n) is 5.43. The molecule has 7 heteroatoms. The average Bonchev–Trinajstić information content (AvgIpc) is 2.45. The number of amides is 1. The van der Waals surface area contributed by atoms with E-state index in [0.717, 1.165) is 0 Å². The van der Waals surface area contributed by atoms with E-state index >= 15 is 0 Å². The Balaban J connectivity index is 2.93. The molecule has 1 amide bonds. The van der Waals surface area contributed by atoms with Crippen LogP contribution in [0.2, 0.25) is 5.02 Å². The summed E-state index contributed by atoms with van der Waals surface area (Å²) >= 11 is 6.07. The number of carbonyl (C=O) groups excluding carboxylic acids is 1. The van der Waals surface area contributed by atoms with Crippen LogP contribution in [-0.2, 0) is 4.74 Å². The van der Waals surface area contributed by atoms with Crippen molar-refractivity contribution in [1.82, 2.24) is 5.43 Å². The molecule has 1 aromatic rings. The zero-order valence-corrected chi connectivity index (χ0v) is 11.7. The van der Waals surface area contributed by atoms with Crippen molar-refractivity contribution in [3.05, 3.63) is 22.7 Å². The highest BCUT2D eigenvalue weighted by molar-refractivity contribution is 6.32. The molecule has 0 unspecified atom stereocenters. The Kier molecular flexibility index (Phi) is 6.20. The number of terminal acetylenes is 1. The number of halogens is 1. The molecular formula is C13H13ClN2O4. The highest BCUT2D eigenvalue weighted by Crippen LogP contribution is 2.35. The lowest BCUT2D eigenvalue weighted by Crippen LogP contribution is -2.16. The van der Waals surface area contributed by atoms with Crippen LogP contribution in [0.5, 0.6) is 11.5 Å². The monoisotopic (exact) mass is 296 g/mol. The molecule has 0 fully saturated rings. The second-order valence-electron chi connectivity index (χ2n) is 3.39. The van der Waals surface area contributed by atoms with Gasteiger partial charge in [-0.15, -0.1) is 6.42 Å². The first kappa shape index (κ1) is 15.7. The average molecular weight is 297 g/mol. The standard InChI is InChI=1S/C13H13ClN2O4/c1-4-5-20-12-10(14)6-9(7-11(12)18-2)8-15-16-13(17)19-3/h1,6-8H,5H2,2-3H3,(H,16,17)/b15-8-. The summed E-state index contributed by atoms with van der Waals surface area (Å²) in [6.45, 7) is 0.0768. The van der Waals surface area contributed by atoms with E-state index in [0.29, 0.717) is 22.1 Å². The van der Waals surface area contributed by atoms with Crippen LogP contribution in [0.1, 0.15) is 5.56 Å². The van der Waals surface area contributed by atoms with Crippen molar-refractivity contribution in [2.75, 3.05) is 20.8 Å². The van der Waals surface area contributed by atoms with Crippen molar-refractivity contribution in [1.29, 1.82) is 0 Å². The number of benzene rings is 1. The van der Waals surface area contributed by atoms with Gasteiger partial charge < -0.3 is 14.2 Å². The quantitative estimate of drug-likeness (QED) is 0.513. The maximum absolute atomic E-state index is 10.8. The zero-order chi connectivity index (χ0) is 15.0. The number of methoxy groups -OCH3 is 2. The van der Waals surface area contributed by atoms with Gasteiger partial charge in [-0.3, -0.25) is 0 Å². The molecule has 1 rings (SSSR count). The molecule has 20 heavy (non-hydrogen) atoms. The van der Waals surface area contributed by atoms with Crippen LogP contribution in [0.4, 0.5) is 4.79 Å².